The monoisotopic (exact) mass is 276 g/mol. The third-order valence-corrected chi connectivity index (χ3v) is 3.17. The minimum atomic E-state index is -1.04. The number of hydrogen-bond acceptors (Lipinski definition) is 5. The van der Waals surface area contributed by atoms with E-state index < -0.39 is 10.9 Å². The molecule has 0 aliphatic rings. The molecule has 96 valence electrons. The Balaban J connectivity index is 2.19. The van der Waals surface area contributed by atoms with Crippen molar-refractivity contribution in [3.63, 3.8) is 0 Å². The average Bonchev–Trinajstić information content (AvgIpc) is 2.39. The number of benzene rings is 1. The minimum Gasteiger partial charge on any atom is -0.478 e. The highest BCUT2D eigenvalue weighted by atomic mass is 32.2. The lowest BCUT2D eigenvalue weighted by molar-refractivity contribution is -0.385. The van der Waals surface area contributed by atoms with E-state index in [1.165, 1.54) is 36.2 Å². The second-order valence-corrected chi connectivity index (χ2v) is 4.64. The molecule has 0 radical (unpaired) electrons. The van der Waals surface area contributed by atoms with E-state index in [-0.39, 0.29) is 11.3 Å². The molecular weight excluding hydrogens is 268 g/mol. The van der Waals surface area contributed by atoms with Crippen LogP contribution in [0, 0.1) is 10.1 Å². The Labute approximate surface area is 112 Å². The van der Waals surface area contributed by atoms with Crippen LogP contribution >= 0.6 is 11.8 Å². The molecule has 7 heteroatoms. The number of non-ortho nitro benzene ring substituents is 1. The summed E-state index contributed by atoms with van der Waals surface area (Å²) in [7, 11) is 0. The van der Waals surface area contributed by atoms with Gasteiger partial charge in [-0.1, -0.05) is 17.8 Å². The van der Waals surface area contributed by atoms with Crippen molar-refractivity contribution in [1.82, 2.24) is 4.98 Å². The van der Waals surface area contributed by atoms with Gasteiger partial charge in [-0.05, 0) is 18.2 Å². The lowest BCUT2D eigenvalue weighted by Gasteiger charge is -2.01. The van der Waals surface area contributed by atoms with Crippen molar-refractivity contribution in [2.75, 3.05) is 0 Å². The van der Waals surface area contributed by atoms with E-state index >= 15 is 0 Å². The predicted molar refractivity (Wildman–Crippen MR) is 68.4 cm³/mol. The summed E-state index contributed by atoms with van der Waals surface area (Å²) in [5, 5.41) is 20.0. The molecule has 0 aliphatic heterocycles. The fourth-order valence-corrected chi connectivity index (χ4v) is 2.16. The van der Waals surface area contributed by atoms with Gasteiger partial charge < -0.3 is 5.11 Å². The van der Waals surface area contributed by atoms with E-state index in [2.05, 4.69) is 4.98 Å². The van der Waals surface area contributed by atoms with Crippen LogP contribution in [0.4, 0.5) is 5.69 Å². The molecular formula is C12H8N2O4S. The molecule has 0 bridgehead atoms. The fraction of sp³-hybridized carbons (Fsp3) is 0. The molecule has 0 fully saturated rings. The number of aromatic nitrogens is 1. The summed E-state index contributed by atoms with van der Waals surface area (Å²) >= 11 is 1.23. The summed E-state index contributed by atoms with van der Waals surface area (Å²) in [4.78, 5) is 25.5. The average molecular weight is 276 g/mol. The smallest absolute Gasteiger partial charge is 0.337 e. The van der Waals surface area contributed by atoms with Crippen molar-refractivity contribution in [2.24, 2.45) is 0 Å². The first kappa shape index (κ1) is 13.0. The molecule has 1 heterocycles. The number of nitro benzene ring substituents is 1. The number of pyridine rings is 1. The molecule has 19 heavy (non-hydrogen) atoms. The van der Waals surface area contributed by atoms with Gasteiger partial charge in [0.05, 0.1) is 10.5 Å². The van der Waals surface area contributed by atoms with Gasteiger partial charge in [-0.3, -0.25) is 10.1 Å². The fourth-order valence-electron chi connectivity index (χ4n) is 1.35. The van der Waals surface area contributed by atoms with Gasteiger partial charge in [0.25, 0.3) is 5.69 Å². The van der Waals surface area contributed by atoms with Crippen LogP contribution in [0.15, 0.2) is 52.5 Å². The van der Waals surface area contributed by atoms with Gasteiger partial charge in [-0.25, -0.2) is 9.78 Å². The highest BCUT2D eigenvalue weighted by Gasteiger charge is 2.08. The normalized spacial score (nSPS) is 10.1. The summed E-state index contributed by atoms with van der Waals surface area (Å²) in [6, 6.07) is 9.17. The molecule has 1 aromatic carbocycles. The Morgan fingerprint density at radius 2 is 2.11 bits per heavy atom. The molecule has 0 unspecified atom stereocenters. The topological polar surface area (TPSA) is 93.3 Å². The highest BCUT2D eigenvalue weighted by Crippen LogP contribution is 2.28. The Kier molecular flexibility index (Phi) is 3.76. The molecule has 1 N–H and O–H groups in total. The maximum Gasteiger partial charge on any atom is 0.337 e. The number of aromatic carboxylic acids is 1. The minimum absolute atomic E-state index is 0.00663. The first-order chi connectivity index (χ1) is 9.06. The van der Waals surface area contributed by atoms with Gasteiger partial charge in [0.15, 0.2) is 0 Å². The van der Waals surface area contributed by atoms with E-state index in [1.807, 2.05) is 0 Å². The van der Waals surface area contributed by atoms with Gasteiger partial charge in [0.2, 0.25) is 0 Å². The van der Waals surface area contributed by atoms with Gasteiger partial charge in [-0.2, -0.15) is 0 Å². The second-order valence-electron chi connectivity index (χ2n) is 3.55. The second kappa shape index (κ2) is 5.49. The Hall–Kier alpha value is -2.41. The summed E-state index contributed by atoms with van der Waals surface area (Å²) in [6.07, 6.45) is 1.25. The van der Waals surface area contributed by atoms with Crippen LogP contribution < -0.4 is 0 Å². The molecule has 1 aromatic heterocycles. The number of carboxylic acid groups (broad SMARTS) is 1. The number of carboxylic acids is 1. The van der Waals surface area contributed by atoms with Crippen molar-refractivity contribution in [2.45, 2.75) is 9.92 Å². The van der Waals surface area contributed by atoms with Crippen molar-refractivity contribution >= 4 is 23.4 Å². The molecule has 6 nitrogen and oxygen atoms in total. The van der Waals surface area contributed by atoms with Crippen LogP contribution in [0.5, 0.6) is 0 Å². The number of nitro groups is 1. The maximum atomic E-state index is 10.7. The third-order valence-electron chi connectivity index (χ3n) is 2.23. The Morgan fingerprint density at radius 1 is 1.32 bits per heavy atom. The van der Waals surface area contributed by atoms with Crippen LogP contribution in [0.1, 0.15) is 10.4 Å². The molecule has 0 saturated carbocycles. The molecule has 0 saturated heterocycles. The first-order valence-electron chi connectivity index (χ1n) is 5.18. The molecule has 2 rings (SSSR count). The predicted octanol–water partition coefficient (Wildman–Crippen LogP) is 2.84. The Morgan fingerprint density at radius 3 is 2.68 bits per heavy atom. The quantitative estimate of drug-likeness (QED) is 0.681. The van der Waals surface area contributed by atoms with Crippen LogP contribution in [0.3, 0.4) is 0 Å². The summed E-state index contributed by atoms with van der Waals surface area (Å²) < 4.78 is 0. The lowest BCUT2D eigenvalue weighted by atomic mass is 10.3. The maximum absolute atomic E-state index is 10.7. The number of nitrogens with zero attached hydrogens (tertiary/aromatic N) is 2. The van der Waals surface area contributed by atoms with Crippen molar-refractivity contribution in [1.29, 1.82) is 0 Å². The van der Waals surface area contributed by atoms with Crippen LogP contribution in [0.2, 0.25) is 0 Å². The van der Waals surface area contributed by atoms with Crippen molar-refractivity contribution < 1.29 is 14.8 Å². The number of carbonyl (C=O) groups is 1. The van der Waals surface area contributed by atoms with Crippen molar-refractivity contribution in [3.05, 3.63) is 58.3 Å². The van der Waals surface area contributed by atoms with Gasteiger partial charge >= 0.3 is 5.97 Å². The SMILES string of the molecule is O=C(O)c1ccc(Sc2cccc([N+](=O)[O-])c2)nc1. The van der Waals surface area contributed by atoms with E-state index in [9.17, 15) is 14.9 Å². The molecule has 2 aromatic rings. The number of rotatable bonds is 4. The van der Waals surface area contributed by atoms with Gasteiger partial charge in [0, 0.05) is 23.2 Å². The number of hydrogen-bond donors (Lipinski definition) is 1. The van der Waals surface area contributed by atoms with Gasteiger partial charge in [-0.15, -0.1) is 0 Å². The first-order valence-corrected chi connectivity index (χ1v) is 5.99. The van der Waals surface area contributed by atoms with E-state index in [0.29, 0.717) is 9.92 Å². The largest absolute Gasteiger partial charge is 0.478 e. The Bertz CT molecular complexity index is 628. The highest BCUT2D eigenvalue weighted by molar-refractivity contribution is 7.99. The zero-order valence-corrected chi connectivity index (χ0v) is 10.3. The zero-order valence-electron chi connectivity index (χ0n) is 9.52. The zero-order chi connectivity index (χ0) is 13.8. The summed E-state index contributed by atoms with van der Waals surface area (Å²) in [6.45, 7) is 0. The van der Waals surface area contributed by atoms with Crippen LogP contribution in [-0.4, -0.2) is 21.0 Å². The molecule has 0 amide bonds. The standard InChI is InChI=1S/C12H8N2O4S/c15-12(16)8-4-5-11(13-7-8)19-10-3-1-2-9(6-10)14(17)18/h1-7H,(H,15,16). The van der Waals surface area contributed by atoms with Crippen LogP contribution in [-0.2, 0) is 0 Å². The van der Waals surface area contributed by atoms with Crippen LogP contribution in [0.25, 0.3) is 0 Å². The van der Waals surface area contributed by atoms with E-state index in [4.69, 9.17) is 5.11 Å². The molecule has 0 spiro atoms. The summed E-state index contributed by atoms with van der Waals surface area (Å²) in [5.74, 6) is -1.04. The van der Waals surface area contributed by atoms with E-state index in [0.717, 1.165) is 0 Å². The lowest BCUT2D eigenvalue weighted by Crippen LogP contribution is -1.96. The van der Waals surface area contributed by atoms with Crippen molar-refractivity contribution in [3.8, 4) is 0 Å². The van der Waals surface area contributed by atoms with E-state index in [1.54, 1.807) is 18.2 Å². The molecule has 0 aliphatic carbocycles. The third kappa shape index (κ3) is 3.29. The van der Waals surface area contributed by atoms with Gasteiger partial charge in [0.1, 0.15) is 5.03 Å². The summed E-state index contributed by atoms with van der Waals surface area (Å²) in [5.41, 5.74) is 0.107. The molecule has 0 atom stereocenters.